The molecule has 1 aromatic carbocycles. The molecule has 3 heterocycles. The fourth-order valence-corrected chi connectivity index (χ4v) is 4.74. The van der Waals surface area contributed by atoms with E-state index in [-0.39, 0.29) is 0 Å². The number of benzene rings is 1. The number of aryl methyl sites for hydroxylation is 3. The third-order valence-electron chi connectivity index (χ3n) is 5.02. The van der Waals surface area contributed by atoms with Crippen LogP contribution in [0.3, 0.4) is 0 Å². The molecule has 0 atom stereocenters. The van der Waals surface area contributed by atoms with Crippen LogP contribution in [0.5, 0.6) is 0 Å². The molecule has 0 radical (unpaired) electrons. The lowest BCUT2D eigenvalue weighted by molar-refractivity contribution is 0.384. The van der Waals surface area contributed by atoms with Gasteiger partial charge in [0.2, 0.25) is 10.0 Å². The number of nitrogens with zero attached hydrogens (tertiary/aromatic N) is 7. The fraction of sp³-hybridized carbons (Fsp3) is 0.412. The summed E-state index contributed by atoms with van der Waals surface area (Å²) in [6, 6.07) is 5.27. The summed E-state index contributed by atoms with van der Waals surface area (Å²) in [7, 11) is -1.73. The second-order valence-electron chi connectivity index (χ2n) is 6.72. The number of piperazine rings is 1. The standard InChI is InChI=1S/C17H21N7O2S/c1-12-4-5-14(10-13(12)2)27(25,26)24-8-6-23(7-9-24)17-15-16(18-11-19-17)22(3)21-20-15/h4-5,10-11H,6-9H2,1-3H3. The van der Waals surface area contributed by atoms with Crippen molar-refractivity contribution < 1.29 is 8.42 Å². The molecule has 0 aliphatic carbocycles. The molecular weight excluding hydrogens is 366 g/mol. The lowest BCUT2D eigenvalue weighted by Gasteiger charge is -2.34. The van der Waals surface area contributed by atoms with Crippen molar-refractivity contribution in [1.29, 1.82) is 0 Å². The number of rotatable bonds is 3. The first-order valence-electron chi connectivity index (χ1n) is 8.70. The Bertz CT molecular complexity index is 1100. The Morgan fingerprint density at radius 1 is 1.00 bits per heavy atom. The van der Waals surface area contributed by atoms with Gasteiger partial charge in [-0.25, -0.2) is 23.1 Å². The topological polar surface area (TPSA) is 97.1 Å². The lowest BCUT2D eigenvalue weighted by atomic mass is 10.1. The van der Waals surface area contributed by atoms with Gasteiger partial charge in [0.15, 0.2) is 17.0 Å². The summed E-state index contributed by atoms with van der Waals surface area (Å²) in [5.41, 5.74) is 3.34. The van der Waals surface area contributed by atoms with E-state index in [0.717, 1.165) is 11.1 Å². The first-order valence-corrected chi connectivity index (χ1v) is 10.1. The van der Waals surface area contributed by atoms with Gasteiger partial charge in [0.1, 0.15) is 6.33 Å². The molecule has 0 bridgehead atoms. The van der Waals surface area contributed by atoms with Gasteiger partial charge in [-0.05, 0) is 37.1 Å². The molecule has 1 aliphatic heterocycles. The molecular formula is C17H21N7O2S. The van der Waals surface area contributed by atoms with Crippen LogP contribution in [0, 0.1) is 13.8 Å². The van der Waals surface area contributed by atoms with E-state index < -0.39 is 10.0 Å². The van der Waals surface area contributed by atoms with Crippen LogP contribution in [0.15, 0.2) is 29.4 Å². The van der Waals surface area contributed by atoms with Crippen LogP contribution in [-0.2, 0) is 17.1 Å². The number of hydrogen-bond donors (Lipinski definition) is 0. The van der Waals surface area contributed by atoms with Gasteiger partial charge in [0.25, 0.3) is 0 Å². The highest BCUT2D eigenvalue weighted by Gasteiger charge is 2.30. The van der Waals surface area contributed by atoms with E-state index >= 15 is 0 Å². The van der Waals surface area contributed by atoms with E-state index in [1.54, 1.807) is 23.9 Å². The van der Waals surface area contributed by atoms with E-state index in [1.807, 2.05) is 24.8 Å². The van der Waals surface area contributed by atoms with Crippen LogP contribution in [-0.4, -0.2) is 63.9 Å². The number of aromatic nitrogens is 5. The molecule has 27 heavy (non-hydrogen) atoms. The van der Waals surface area contributed by atoms with Crippen molar-refractivity contribution in [2.75, 3.05) is 31.1 Å². The zero-order valence-electron chi connectivity index (χ0n) is 15.5. The van der Waals surface area contributed by atoms with Gasteiger partial charge in [-0.2, -0.15) is 4.31 Å². The van der Waals surface area contributed by atoms with Crippen molar-refractivity contribution in [3.05, 3.63) is 35.7 Å². The summed E-state index contributed by atoms with van der Waals surface area (Å²) in [5.74, 6) is 0.691. The maximum Gasteiger partial charge on any atom is 0.243 e. The quantitative estimate of drug-likeness (QED) is 0.658. The molecule has 0 amide bonds. The molecule has 10 heteroatoms. The summed E-state index contributed by atoms with van der Waals surface area (Å²) < 4.78 is 29.1. The lowest BCUT2D eigenvalue weighted by Crippen LogP contribution is -2.49. The predicted molar refractivity (Wildman–Crippen MR) is 101 cm³/mol. The van der Waals surface area contributed by atoms with Crippen LogP contribution >= 0.6 is 0 Å². The van der Waals surface area contributed by atoms with Gasteiger partial charge in [0.05, 0.1) is 4.90 Å². The minimum absolute atomic E-state index is 0.345. The van der Waals surface area contributed by atoms with Gasteiger partial charge in [0, 0.05) is 33.2 Å². The Kier molecular flexibility index (Phi) is 4.31. The minimum Gasteiger partial charge on any atom is -0.352 e. The van der Waals surface area contributed by atoms with E-state index in [0.29, 0.717) is 48.1 Å². The minimum atomic E-state index is -3.50. The first kappa shape index (κ1) is 17.8. The third kappa shape index (κ3) is 3.04. The number of anilines is 1. The normalized spacial score (nSPS) is 16.2. The van der Waals surface area contributed by atoms with Crippen LogP contribution in [0.25, 0.3) is 11.2 Å². The first-order chi connectivity index (χ1) is 12.9. The largest absolute Gasteiger partial charge is 0.352 e. The zero-order valence-corrected chi connectivity index (χ0v) is 16.3. The Hall–Kier alpha value is -2.59. The second kappa shape index (κ2) is 6.54. The zero-order chi connectivity index (χ0) is 19.2. The van der Waals surface area contributed by atoms with Crippen LogP contribution in [0.1, 0.15) is 11.1 Å². The highest BCUT2D eigenvalue weighted by Crippen LogP contribution is 2.24. The SMILES string of the molecule is Cc1ccc(S(=O)(=O)N2CCN(c3ncnc4c3nnn4C)CC2)cc1C. The average Bonchev–Trinajstić information content (AvgIpc) is 3.05. The smallest absolute Gasteiger partial charge is 0.243 e. The summed E-state index contributed by atoms with van der Waals surface area (Å²) in [5, 5.41) is 8.13. The van der Waals surface area contributed by atoms with Crippen molar-refractivity contribution in [1.82, 2.24) is 29.3 Å². The summed E-state index contributed by atoms with van der Waals surface area (Å²) in [4.78, 5) is 10.9. The molecule has 0 unspecified atom stereocenters. The van der Waals surface area contributed by atoms with Gasteiger partial charge in [-0.15, -0.1) is 5.10 Å². The molecule has 2 aromatic heterocycles. The third-order valence-corrected chi connectivity index (χ3v) is 6.92. The second-order valence-corrected chi connectivity index (χ2v) is 8.66. The molecule has 1 fully saturated rings. The predicted octanol–water partition coefficient (Wildman–Crippen LogP) is 0.886. The highest BCUT2D eigenvalue weighted by molar-refractivity contribution is 7.89. The van der Waals surface area contributed by atoms with Gasteiger partial charge < -0.3 is 4.90 Å². The van der Waals surface area contributed by atoms with Crippen LogP contribution in [0.4, 0.5) is 5.82 Å². The fourth-order valence-electron chi connectivity index (χ4n) is 3.24. The Morgan fingerprint density at radius 3 is 2.44 bits per heavy atom. The monoisotopic (exact) mass is 387 g/mol. The molecule has 142 valence electrons. The number of sulfonamides is 1. The van der Waals surface area contributed by atoms with Crippen molar-refractivity contribution in [3.8, 4) is 0 Å². The van der Waals surface area contributed by atoms with E-state index in [9.17, 15) is 8.42 Å². The average molecular weight is 387 g/mol. The van der Waals surface area contributed by atoms with Crippen molar-refractivity contribution >= 4 is 27.0 Å². The summed E-state index contributed by atoms with van der Waals surface area (Å²) in [6.45, 7) is 5.74. The molecule has 1 aliphatic rings. The Labute approximate surface area is 157 Å². The Balaban J connectivity index is 1.55. The van der Waals surface area contributed by atoms with Gasteiger partial charge >= 0.3 is 0 Å². The van der Waals surface area contributed by atoms with Crippen molar-refractivity contribution in [2.24, 2.45) is 7.05 Å². The van der Waals surface area contributed by atoms with Crippen LogP contribution in [0.2, 0.25) is 0 Å². The maximum absolute atomic E-state index is 13.0. The molecule has 9 nitrogen and oxygen atoms in total. The van der Waals surface area contributed by atoms with E-state index in [1.165, 1.54) is 10.6 Å². The molecule has 0 spiro atoms. The number of fused-ring (bicyclic) bond motifs is 1. The summed E-state index contributed by atoms with van der Waals surface area (Å²) in [6.07, 6.45) is 1.49. The number of hydrogen-bond acceptors (Lipinski definition) is 7. The Morgan fingerprint density at radius 2 is 1.74 bits per heavy atom. The molecule has 3 aromatic rings. The molecule has 0 N–H and O–H groups in total. The van der Waals surface area contributed by atoms with Crippen LogP contribution < -0.4 is 4.90 Å². The summed E-state index contributed by atoms with van der Waals surface area (Å²) >= 11 is 0. The van der Waals surface area contributed by atoms with E-state index in [4.69, 9.17) is 0 Å². The van der Waals surface area contributed by atoms with Gasteiger partial charge in [-0.1, -0.05) is 11.3 Å². The molecule has 1 saturated heterocycles. The molecule has 4 rings (SSSR count). The van der Waals surface area contributed by atoms with Crippen molar-refractivity contribution in [2.45, 2.75) is 18.7 Å². The van der Waals surface area contributed by atoms with E-state index in [2.05, 4.69) is 20.3 Å². The maximum atomic E-state index is 13.0. The molecule has 0 saturated carbocycles. The van der Waals surface area contributed by atoms with Gasteiger partial charge in [-0.3, -0.25) is 0 Å². The highest BCUT2D eigenvalue weighted by atomic mass is 32.2. The van der Waals surface area contributed by atoms with Crippen molar-refractivity contribution in [3.63, 3.8) is 0 Å².